The summed E-state index contributed by atoms with van der Waals surface area (Å²) in [6.07, 6.45) is 3.58. The van der Waals surface area contributed by atoms with Crippen molar-refractivity contribution in [3.63, 3.8) is 0 Å². The summed E-state index contributed by atoms with van der Waals surface area (Å²) in [5, 5.41) is 0. The molecule has 1 atom stereocenters. The molecular formula is C19H31BO4S. The van der Waals surface area contributed by atoms with E-state index in [9.17, 15) is 8.42 Å². The van der Waals surface area contributed by atoms with E-state index in [-0.39, 0.29) is 29.9 Å². The van der Waals surface area contributed by atoms with Crippen LogP contribution in [0.4, 0.5) is 0 Å². The second kappa shape index (κ2) is 7.81. The van der Waals surface area contributed by atoms with Crippen LogP contribution in [0.3, 0.4) is 0 Å². The maximum absolute atomic E-state index is 12.6. The van der Waals surface area contributed by atoms with E-state index in [0.29, 0.717) is 11.3 Å². The minimum atomic E-state index is -3.28. The standard InChI is InChI=1S/C19H31BO4S/c1-6-7-11-16(20-23-18(2,3)19(4,5)24-20)14-15-25(21,22)17-12-9-8-10-13-17/h8-10,12-13,16H,6-7,11,14-15H2,1-5H3. The normalized spacial score (nSPS) is 20.6. The lowest BCUT2D eigenvalue weighted by atomic mass is 9.68. The van der Waals surface area contributed by atoms with E-state index < -0.39 is 9.84 Å². The molecule has 6 heteroatoms. The highest BCUT2D eigenvalue weighted by atomic mass is 32.2. The smallest absolute Gasteiger partial charge is 0.403 e. The summed E-state index contributed by atoms with van der Waals surface area (Å²) >= 11 is 0. The summed E-state index contributed by atoms with van der Waals surface area (Å²) in [7, 11) is -3.62. The zero-order chi connectivity index (χ0) is 18.7. The minimum absolute atomic E-state index is 0.0829. The number of hydrogen-bond acceptors (Lipinski definition) is 4. The van der Waals surface area contributed by atoms with Gasteiger partial charge < -0.3 is 9.31 Å². The van der Waals surface area contributed by atoms with E-state index in [0.717, 1.165) is 19.3 Å². The molecule has 1 aromatic rings. The number of sulfone groups is 1. The van der Waals surface area contributed by atoms with Crippen molar-refractivity contribution in [1.29, 1.82) is 0 Å². The van der Waals surface area contributed by atoms with Crippen molar-refractivity contribution < 1.29 is 17.7 Å². The van der Waals surface area contributed by atoms with E-state index in [1.807, 2.05) is 33.8 Å². The Morgan fingerprint density at radius 3 is 2.08 bits per heavy atom. The Hall–Kier alpha value is -0.845. The third-order valence-electron chi connectivity index (χ3n) is 5.44. The fraction of sp³-hybridized carbons (Fsp3) is 0.684. The first kappa shape index (κ1) is 20.5. The molecule has 1 aliphatic heterocycles. The molecule has 1 unspecified atom stereocenters. The molecule has 0 N–H and O–H groups in total. The van der Waals surface area contributed by atoms with Crippen LogP contribution in [-0.2, 0) is 19.1 Å². The number of unbranched alkanes of at least 4 members (excludes halogenated alkanes) is 1. The van der Waals surface area contributed by atoms with E-state index in [1.165, 1.54) is 0 Å². The van der Waals surface area contributed by atoms with Gasteiger partial charge in [-0.15, -0.1) is 0 Å². The Morgan fingerprint density at radius 1 is 1.00 bits per heavy atom. The molecule has 25 heavy (non-hydrogen) atoms. The summed E-state index contributed by atoms with van der Waals surface area (Å²) < 4.78 is 37.6. The lowest BCUT2D eigenvalue weighted by Gasteiger charge is -2.32. The third-order valence-corrected chi connectivity index (χ3v) is 7.21. The highest BCUT2D eigenvalue weighted by molar-refractivity contribution is 7.91. The van der Waals surface area contributed by atoms with Crippen molar-refractivity contribution >= 4 is 17.0 Å². The van der Waals surface area contributed by atoms with Crippen LogP contribution in [0.5, 0.6) is 0 Å². The lowest BCUT2D eigenvalue weighted by Crippen LogP contribution is -2.41. The predicted octanol–water partition coefficient (Wildman–Crippen LogP) is 4.50. The second-order valence-electron chi connectivity index (χ2n) is 7.95. The van der Waals surface area contributed by atoms with Crippen LogP contribution >= 0.6 is 0 Å². The van der Waals surface area contributed by atoms with Gasteiger partial charge in [-0.05, 0) is 52.1 Å². The van der Waals surface area contributed by atoms with Gasteiger partial charge in [-0.2, -0.15) is 0 Å². The Balaban J connectivity index is 2.09. The van der Waals surface area contributed by atoms with Gasteiger partial charge in [0.15, 0.2) is 9.84 Å². The predicted molar refractivity (Wildman–Crippen MR) is 102 cm³/mol. The largest absolute Gasteiger partial charge is 0.461 e. The van der Waals surface area contributed by atoms with Crippen molar-refractivity contribution in [2.75, 3.05) is 5.75 Å². The quantitative estimate of drug-likeness (QED) is 0.636. The molecule has 4 nitrogen and oxygen atoms in total. The Labute approximate surface area is 153 Å². The molecule has 0 spiro atoms. The first-order valence-corrected chi connectivity index (χ1v) is 10.9. The van der Waals surface area contributed by atoms with E-state index >= 15 is 0 Å². The summed E-state index contributed by atoms with van der Waals surface area (Å²) in [5.74, 6) is 0.203. The average molecular weight is 366 g/mol. The molecule has 0 bridgehead atoms. The first-order valence-electron chi connectivity index (χ1n) is 9.22. The van der Waals surface area contributed by atoms with Crippen molar-refractivity contribution in [3.8, 4) is 0 Å². The topological polar surface area (TPSA) is 52.6 Å². The van der Waals surface area contributed by atoms with Crippen molar-refractivity contribution in [1.82, 2.24) is 0 Å². The van der Waals surface area contributed by atoms with E-state index in [2.05, 4.69) is 6.92 Å². The first-order chi connectivity index (χ1) is 11.6. The van der Waals surface area contributed by atoms with Crippen LogP contribution in [0.2, 0.25) is 5.82 Å². The zero-order valence-electron chi connectivity index (χ0n) is 16.1. The van der Waals surface area contributed by atoms with Gasteiger partial charge in [0.05, 0.1) is 21.9 Å². The summed E-state index contributed by atoms with van der Waals surface area (Å²) in [5.41, 5.74) is -0.777. The molecule has 0 radical (unpaired) electrons. The monoisotopic (exact) mass is 366 g/mol. The lowest BCUT2D eigenvalue weighted by molar-refractivity contribution is 0.00578. The van der Waals surface area contributed by atoms with Gasteiger partial charge >= 0.3 is 7.12 Å². The second-order valence-corrected chi connectivity index (χ2v) is 10.1. The van der Waals surface area contributed by atoms with Crippen LogP contribution in [0, 0.1) is 0 Å². The van der Waals surface area contributed by atoms with E-state index in [4.69, 9.17) is 9.31 Å². The van der Waals surface area contributed by atoms with Crippen molar-refractivity contribution in [3.05, 3.63) is 30.3 Å². The highest BCUT2D eigenvalue weighted by Crippen LogP contribution is 2.42. The van der Waals surface area contributed by atoms with Gasteiger partial charge in [-0.3, -0.25) is 0 Å². The third kappa shape index (κ3) is 4.86. The number of benzene rings is 1. The van der Waals surface area contributed by atoms with Gasteiger partial charge in [-0.25, -0.2) is 8.42 Å². The van der Waals surface area contributed by atoms with Gasteiger partial charge in [0, 0.05) is 0 Å². The maximum atomic E-state index is 12.6. The molecule has 0 aliphatic carbocycles. The van der Waals surface area contributed by atoms with Crippen LogP contribution in [-0.4, -0.2) is 32.5 Å². The minimum Gasteiger partial charge on any atom is -0.403 e. The fourth-order valence-electron chi connectivity index (χ4n) is 3.02. The maximum Gasteiger partial charge on any atom is 0.461 e. The molecule has 0 saturated carbocycles. The van der Waals surface area contributed by atoms with Crippen LogP contribution in [0.1, 0.15) is 60.3 Å². The molecular weight excluding hydrogens is 335 g/mol. The van der Waals surface area contributed by atoms with Crippen molar-refractivity contribution in [2.24, 2.45) is 0 Å². The molecule has 1 saturated heterocycles. The Morgan fingerprint density at radius 2 is 1.56 bits per heavy atom. The van der Waals surface area contributed by atoms with Gasteiger partial charge in [0.2, 0.25) is 0 Å². The number of hydrogen-bond donors (Lipinski definition) is 0. The van der Waals surface area contributed by atoms with Crippen LogP contribution in [0.25, 0.3) is 0 Å². The summed E-state index contributed by atoms with van der Waals surface area (Å²) in [6.45, 7) is 10.3. The van der Waals surface area contributed by atoms with Crippen molar-refractivity contribution in [2.45, 2.75) is 82.2 Å². The summed E-state index contributed by atoms with van der Waals surface area (Å²) in [4.78, 5) is 0.387. The molecule has 1 heterocycles. The van der Waals surface area contributed by atoms with Gasteiger partial charge in [0.25, 0.3) is 0 Å². The van der Waals surface area contributed by atoms with Crippen LogP contribution in [0.15, 0.2) is 35.2 Å². The molecule has 1 fully saturated rings. The molecule has 1 aliphatic rings. The van der Waals surface area contributed by atoms with E-state index in [1.54, 1.807) is 24.3 Å². The number of rotatable bonds is 8. The van der Waals surface area contributed by atoms with Gasteiger partial charge in [-0.1, -0.05) is 44.4 Å². The molecule has 2 rings (SSSR count). The average Bonchev–Trinajstić information content (AvgIpc) is 2.76. The molecule has 0 amide bonds. The van der Waals surface area contributed by atoms with Crippen LogP contribution < -0.4 is 0 Å². The SMILES string of the molecule is CCCCC(CCS(=O)(=O)c1ccccc1)B1OC(C)(C)C(C)(C)O1. The Bertz CT molecular complexity index is 639. The fourth-order valence-corrected chi connectivity index (χ4v) is 4.44. The van der Waals surface area contributed by atoms with Gasteiger partial charge in [0.1, 0.15) is 0 Å². The highest BCUT2D eigenvalue weighted by Gasteiger charge is 2.53. The molecule has 1 aromatic carbocycles. The zero-order valence-corrected chi connectivity index (χ0v) is 16.9. The summed E-state index contributed by atoms with van der Waals surface area (Å²) in [6, 6.07) is 8.66. The Kier molecular flexibility index (Phi) is 6.39. The molecule has 140 valence electrons. The molecule has 0 aromatic heterocycles.